The maximum atomic E-state index is 11.9. The molecule has 1 aromatic carbocycles. The summed E-state index contributed by atoms with van der Waals surface area (Å²) in [7, 11) is 1.57. The van der Waals surface area contributed by atoms with E-state index in [9.17, 15) is 9.59 Å². The topological polar surface area (TPSA) is 52.6 Å². The van der Waals surface area contributed by atoms with Crippen molar-refractivity contribution in [3.05, 3.63) is 28.2 Å². The second-order valence-corrected chi connectivity index (χ2v) is 5.41. The van der Waals surface area contributed by atoms with Crippen molar-refractivity contribution in [2.75, 3.05) is 25.2 Å². The third-order valence-corrected chi connectivity index (χ3v) is 3.76. The molecule has 0 fully saturated rings. The monoisotopic (exact) mass is 346 g/mol. The van der Waals surface area contributed by atoms with Gasteiger partial charge in [0.2, 0.25) is 0 Å². The van der Waals surface area contributed by atoms with Crippen molar-refractivity contribution < 1.29 is 19.1 Å². The van der Waals surface area contributed by atoms with E-state index >= 15 is 0 Å². The molecule has 0 atom stereocenters. The van der Waals surface area contributed by atoms with Gasteiger partial charge in [-0.2, -0.15) is 0 Å². The van der Waals surface area contributed by atoms with E-state index < -0.39 is 0 Å². The molecule has 0 N–H and O–H groups in total. The van der Waals surface area contributed by atoms with Crippen LogP contribution in [0.1, 0.15) is 17.3 Å². The number of esters is 1. The van der Waals surface area contributed by atoms with Gasteiger partial charge in [-0.1, -0.05) is 0 Å². The summed E-state index contributed by atoms with van der Waals surface area (Å²) in [6, 6.07) is 5.15. The lowest BCUT2D eigenvalue weighted by atomic mass is 10.1. The van der Waals surface area contributed by atoms with Crippen LogP contribution in [0.2, 0.25) is 0 Å². The number of rotatable bonds is 7. The lowest BCUT2D eigenvalue weighted by molar-refractivity contribution is -0.139. The van der Waals surface area contributed by atoms with Crippen molar-refractivity contribution in [2.45, 2.75) is 6.92 Å². The maximum Gasteiger partial charge on any atom is 0.315 e. The van der Waals surface area contributed by atoms with Gasteiger partial charge in [0, 0.05) is 5.56 Å². The number of ether oxygens (including phenoxy) is 2. The molecule has 0 aliphatic carbocycles. The first-order valence-corrected chi connectivity index (χ1v) is 7.63. The summed E-state index contributed by atoms with van der Waals surface area (Å²) in [6.07, 6.45) is 0. The van der Waals surface area contributed by atoms with Crippen LogP contribution in [0.5, 0.6) is 5.75 Å². The second-order valence-electron chi connectivity index (χ2n) is 3.57. The summed E-state index contributed by atoms with van der Waals surface area (Å²) >= 11 is 4.58. The Morgan fingerprint density at radius 1 is 1.32 bits per heavy atom. The van der Waals surface area contributed by atoms with Crippen molar-refractivity contribution in [1.29, 1.82) is 0 Å². The molecule has 4 nitrogen and oxygen atoms in total. The van der Waals surface area contributed by atoms with Crippen LogP contribution < -0.4 is 4.74 Å². The molecular weight excluding hydrogens is 332 g/mol. The average Bonchev–Trinajstić information content (AvgIpc) is 2.38. The highest BCUT2D eigenvalue weighted by Gasteiger charge is 2.10. The number of hydrogen-bond donors (Lipinski definition) is 0. The number of hydrogen-bond acceptors (Lipinski definition) is 5. The molecule has 0 bridgehead atoms. The van der Waals surface area contributed by atoms with Crippen molar-refractivity contribution in [2.24, 2.45) is 0 Å². The van der Waals surface area contributed by atoms with Crippen LogP contribution in [0.25, 0.3) is 0 Å². The van der Waals surface area contributed by atoms with E-state index in [0.717, 1.165) is 4.47 Å². The van der Waals surface area contributed by atoms with E-state index in [2.05, 4.69) is 15.9 Å². The van der Waals surface area contributed by atoms with Crippen LogP contribution in [0, 0.1) is 0 Å². The van der Waals surface area contributed by atoms with Gasteiger partial charge in [-0.3, -0.25) is 9.59 Å². The fourth-order valence-electron chi connectivity index (χ4n) is 1.35. The van der Waals surface area contributed by atoms with Gasteiger partial charge in [-0.25, -0.2) is 0 Å². The second kappa shape index (κ2) is 8.22. The summed E-state index contributed by atoms with van der Waals surface area (Å²) < 4.78 is 10.6. The molecule has 0 unspecified atom stereocenters. The van der Waals surface area contributed by atoms with E-state index in [-0.39, 0.29) is 23.3 Å². The minimum absolute atomic E-state index is 0.0300. The number of Topliss-reactive ketones (excluding diaryl/α,β-unsaturated/α-hetero) is 1. The van der Waals surface area contributed by atoms with Crippen LogP contribution in [0.15, 0.2) is 22.7 Å². The molecule has 104 valence electrons. The van der Waals surface area contributed by atoms with Gasteiger partial charge in [0.15, 0.2) is 5.78 Å². The summed E-state index contributed by atoms with van der Waals surface area (Å²) in [4.78, 5) is 23.0. The molecule has 0 saturated carbocycles. The van der Waals surface area contributed by atoms with Gasteiger partial charge in [0.05, 0.1) is 29.7 Å². The Hall–Kier alpha value is -1.01. The third-order valence-electron chi connectivity index (χ3n) is 2.23. The minimum Gasteiger partial charge on any atom is -0.496 e. The first-order valence-electron chi connectivity index (χ1n) is 5.68. The normalized spacial score (nSPS) is 10.1. The first kappa shape index (κ1) is 16.0. The fourth-order valence-corrected chi connectivity index (χ4v) is 2.60. The first-order chi connectivity index (χ1) is 9.08. The molecule has 0 aliphatic rings. The highest BCUT2D eigenvalue weighted by Crippen LogP contribution is 2.26. The maximum absolute atomic E-state index is 11.9. The summed E-state index contributed by atoms with van der Waals surface area (Å²) in [5, 5.41) is 0. The molecule has 6 heteroatoms. The molecule has 1 rings (SSSR count). The summed E-state index contributed by atoms with van der Waals surface area (Å²) in [5.41, 5.74) is 0.587. The van der Waals surface area contributed by atoms with Crippen LogP contribution in [0.3, 0.4) is 0 Å². The van der Waals surface area contributed by atoms with Gasteiger partial charge < -0.3 is 9.47 Å². The minimum atomic E-state index is -0.295. The van der Waals surface area contributed by atoms with E-state index in [1.165, 1.54) is 11.8 Å². The molecule has 0 saturated heterocycles. The van der Waals surface area contributed by atoms with E-state index in [1.807, 2.05) is 0 Å². The zero-order chi connectivity index (χ0) is 14.3. The Bertz CT molecular complexity index is 462. The zero-order valence-corrected chi connectivity index (χ0v) is 13.2. The predicted octanol–water partition coefficient (Wildman–Crippen LogP) is 2.94. The van der Waals surface area contributed by atoms with Crippen molar-refractivity contribution in [1.82, 2.24) is 0 Å². The number of ketones is 1. The number of methoxy groups -OCH3 is 1. The van der Waals surface area contributed by atoms with Crippen LogP contribution >= 0.6 is 27.7 Å². The van der Waals surface area contributed by atoms with E-state index in [4.69, 9.17) is 9.47 Å². The number of carbonyl (C=O) groups excluding carboxylic acids is 2. The largest absolute Gasteiger partial charge is 0.496 e. The third kappa shape index (κ3) is 5.24. The molecule has 19 heavy (non-hydrogen) atoms. The van der Waals surface area contributed by atoms with Crippen LogP contribution in [-0.4, -0.2) is 37.0 Å². The Morgan fingerprint density at radius 2 is 2.05 bits per heavy atom. The Labute approximate surface area is 125 Å². The molecule has 1 aromatic rings. The summed E-state index contributed by atoms with van der Waals surface area (Å²) in [6.45, 7) is 2.11. The van der Waals surface area contributed by atoms with Gasteiger partial charge in [-0.05, 0) is 41.1 Å². The molecule has 0 aliphatic heterocycles. The number of thioether (sulfide) groups is 1. The predicted molar refractivity (Wildman–Crippen MR) is 79.0 cm³/mol. The lowest BCUT2D eigenvalue weighted by Crippen LogP contribution is -2.10. The van der Waals surface area contributed by atoms with Gasteiger partial charge in [0.25, 0.3) is 0 Å². The van der Waals surface area contributed by atoms with Crippen LogP contribution in [0.4, 0.5) is 0 Å². The van der Waals surface area contributed by atoms with Crippen molar-refractivity contribution >= 4 is 39.4 Å². The molecule has 0 spiro atoms. The molecule has 0 aromatic heterocycles. The Balaban J connectivity index is 2.50. The average molecular weight is 347 g/mol. The SMILES string of the molecule is CCOC(=O)CSCC(=O)c1ccc(OC)c(Br)c1. The Morgan fingerprint density at radius 3 is 2.63 bits per heavy atom. The van der Waals surface area contributed by atoms with Crippen molar-refractivity contribution in [3.63, 3.8) is 0 Å². The van der Waals surface area contributed by atoms with Gasteiger partial charge in [0.1, 0.15) is 5.75 Å². The number of carbonyl (C=O) groups is 2. The van der Waals surface area contributed by atoms with E-state index in [1.54, 1.807) is 32.2 Å². The Kier molecular flexibility index (Phi) is 6.94. The zero-order valence-electron chi connectivity index (χ0n) is 10.8. The summed E-state index contributed by atoms with van der Waals surface area (Å²) in [5.74, 6) is 0.790. The fraction of sp³-hybridized carbons (Fsp3) is 0.385. The van der Waals surface area contributed by atoms with E-state index in [0.29, 0.717) is 17.9 Å². The molecular formula is C13H15BrO4S. The highest BCUT2D eigenvalue weighted by atomic mass is 79.9. The smallest absolute Gasteiger partial charge is 0.315 e. The molecule has 0 amide bonds. The van der Waals surface area contributed by atoms with Crippen molar-refractivity contribution in [3.8, 4) is 5.75 Å². The standard InChI is InChI=1S/C13H15BrO4S/c1-3-18-13(16)8-19-7-11(15)9-4-5-12(17-2)10(14)6-9/h4-6H,3,7-8H2,1-2H3. The number of benzene rings is 1. The van der Waals surface area contributed by atoms with Crippen LogP contribution in [-0.2, 0) is 9.53 Å². The van der Waals surface area contributed by atoms with Gasteiger partial charge >= 0.3 is 5.97 Å². The van der Waals surface area contributed by atoms with Gasteiger partial charge in [-0.15, -0.1) is 11.8 Å². The quantitative estimate of drug-likeness (QED) is 0.561. The lowest BCUT2D eigenvalue weighted by Gasteiger charge is -2.06. The molecule has 0 heterocycles. The molecule has 0 radical (unpaired) electrons. The highest BCUT2D eigenvalue weighted by molar-refractivity contribution is 9.10. The number of halogens is 1.